The topological polar surface area (TPSA) is 71.1 Å². The van der Waals surface area contributed by atoms with Crippen LogP contribution in [0.1, 0.15) is 105 Å². The second-order valence-corrected chi connectivity index (χ2v) is 9.14. The van der Waals surface area contributed by atoms with Gasteiger partial charge in [0.2, 0.25) is 0 Å². The van der Waals surface area contributed by atoms with E-state index in [2.05, 4.69) is 27.7 Å². The summed E-state index contributed by atoms with van der Waals surface area (Å²) in [5.41, 5.74) is 0. The van der Waals surface area contributed by atoms with Gasteiger partial charge in [-0.3, -0.25) is 0 Å². The lowest BCUT2D eigenvalue weighted by Crippen LogP contribution is -2.36. The van der Waals surface area contributed by atoms with E-state index >= 15 is 0 Å². The Balaban J connectivity index is 2.30. The van der Waals surface area contributed by atoms with Gasteiger partial charge >= 0.3 is 12.3 Å². The summed E-state index contributed by atoms with van der Waals surface area (Å²) in [5, 5.41) is 0. The van der Waals surface area contributed by atoms with Gasteiger partial charge < -0.3 is 18.9 Å². The number of unbranched alkanes of at least 4 members (excludes halogenated alkanes) is 2. The van der Waals surface area contributed by atoms with Crippen LogP contribution in [0.2, 0.25) is 0 Å². The van der Waals surface area contributed by atoms with Crippen molar-refractivity contribution in [2.24, 2.45) is 17.8 Å². The quantitative estimate of drug-likeness (QED) is 0.263. The van der Waals surface area contributed by atoms with Crippen LogP contribution in [-0.4, -0.2) is 37.7 Å². The molecule has 5 atom stereocenters. The van der Waals surface area contributed by atoms with Crippen LogP contribution in [0.3, 0.4) is 0 Å². The van der Waals surface area contributed by atoms with Crippen molar-refractivity contribution in [3.8, 4) is 0 Å². The minimum absolute atomic E-state index is 0.106. The van der Waals surface area contributed by atoms with Gasteiger partial charge in [-0.1, -0.05) is 73.1 Å². The number of carbonyl (C=O) groups is 2. The van der Waals surface area contributed by atoms with E-state index in [1.807, 2.05) is 6.92 Å². The first-order valence-electron chi connectivity index (χ1n) is 12.6. The average molecular weight is 443 g/mol. The summed E-state index contributed by atoms with van der Waals surface area (Å²) in [5.74, 6) is 0.902. The molecule has 1 saturated carbocycles. The van der Waals surface area contributed by atoms with Crippen LogP contribution in [-0.2, 0) is 18.9 Å². The molecule has 5 unspecified atom stereocenters. The van der Waals surface area contributed by atoms with Crippen LogP contribution in [0.5, 0.6) is 0 Å². The Hall–Kier alpha value is -1.46. The Labute approximate surface area is 189 Å². The first kappa shape index (κ1) is 27.6. The molecule has 0 aromatic heterocycles. The van der Waals surface area contributed by atoms with Crippen LogP contribution < -0.4 is 0 Å². The molecule has 1 aliphatic carbocycles. The van der Waals surface area contributed by atoms with E-state index in [-0.39, 0.29) is 18.1 Å². The highest BCUT2D eigenvalue weighted by Crippen LogP contribution is 2.29. The maximum atomic E-state index is 12.1. The van der Waals surface area contributed by atoms with Crippen LogP contribution in [0.4, 0.5) is 9.59 Å². The zero-order chi connectivity index (χ0) is 23.1. The molecule has 31 heavy (non-hydrogen) atoms. The predicted octanol–water partition coefficient (Wildman–Crippen LogP) is 7.28. The van der Waals surface area contributed by atoms with E-state index in [0.717, 1.165) is 51.4 Å². The molecule has 6 nitrogen and oxygen atoms in total. The summed E-state index contributed by atoms with van der Waals surface area (Å²) in [6.07, 6.45) is 9.20. The molecule has 182 valence electrons. The lowest BCUT2D eigenvalue weighted by atomic mass is 9.86. The molecular formula is C25H46O6. The van der Waals surface area contributed by atoms with Crippen molar-refractivity contribution in [2.75, 3.05) is 13.2 Å². The molecule has 1 fully saturated rings. The normalized spacial score (nSPS) is 22.9. The monoisotopic (exact) mass is 442 g/mol. The van der Waals surface area contributed by atoms with E-state index < -0.39 is 12.3 Å². The van der Waals surface area contributed by atoms with Gasteiger partial charge in [0.1, 0.15) is 12.2 Å². The second-order valence-electron chi connectivity index (χ2n) is 9.14. The Kier molecular flexibility index (Phi) is 14.4. The average Bonchev–Trinajstić information content (AvgIpc) is 2.76. The summed E-state index contributed by atoms with van der Waals surface area (Å²) < 4.78 is 21.8. The number of carbonyl (C=O) groups excluding carboxylic acids is 2. The highest BCUT2D eigenvalue weighted by atomic mass is 16.7. The highest BCUT2D eigenvalue weighted by Gasteiger charge is 2.33. The molecule has 0 aromatic rings. The highest BCUT2D eigenvalue weighted by molar-refractivity contribution is 5.60. The summed E-state index contributed by atoms with van der Waals surface area (Å²) in [6, 6.07) is 0. The van der Waals surface area contributed by atoms with Crippen molar-refractivity contribution in [2.45, 2.75) is 117 Å². The summed E-state index contributed by atoms with van der Waals surface area (Å²) in [6.45, 7) is 11.4. The van der Waals surface area contributed by atoms with Crippen LogP contribution >= 0.6 is 0 Å². The van der Waals surface area contributed by atoms with Crippen LogP contribution in [0, 0.1) is 17.8 Å². The molecule has 1 aliphatic rings. The molecule has 0 radical (unpaired) electrons. The number of hydrogen-bond acceptors (Lipinski definition) is 6. The number of ether oxygens (including phenoxy) is 4. The van der Waals surface area contributed by atoms with Crippen LogP contribution in [0.15, 0.2) is 0 Å². The molecule has 0 bridgehead atoms. The minimum atomic E-state index is -0.580. The number of hydrogen-bond donors (Lipinski definition) is 0. The molecule has 0 heterocycles. The summed E-state index contributed by atoms with van der Waals surface area (Å²) in [4.78, 5) is 24.2. The number of rotatable bonds is 14. The van der Waals surface area contributed by atoms with Crippen molar-refractivity contribution >= 4 is 12.3 Å². The van der Waals surface area contributed by atoms with Gasteiger partial charge in [0, 0.05) is 0 Å². The Bertz CT molecular complexity index is 494. The van der Waals surface area contributed by atoms with Gasteiger partial charge in [0.15, 0.2) is 0 Å². The van der Waals surface area contributed by atoms with Crippen molar-refractivity contribution in [1.29, 1.82) is 0 Å². The minimum Gasteiger partial charge on any atom is -0.434 e. The molecular weight excluding hydrogens is 396 g/mol. The third kappa shape index (κ3) is 11.6. The van der Waals surface area contributed by atoms with Gasteiger partial charge in [-0.25, -0.2) is 9.59 Å². The van der Waals surface area contributed by atoms with E-state index in [4.69, 9.17) is 18.9 Å². The van der Waals surface area contributed by atoms with Gasteiger partial charge in [0.05, 0.1) is 13.2 Å². The van der Waals surface area contributed by atoms with Gasteiger partial charge in [-0.05, 0) is 49.9 Å². The van der Waals surface area contributed by atoms with E-state index in [0.29, 0.717) is 44.3 Å². The molecule has 0 aromatic carbocycles. The Morgan fingerprint density at radius 2 is 1.32 bits per heavy atom. The third-order valence-electron chi connectivity index (χ3n) is 6.51. The second kappa shape index (κ2) is 16.2. The van der Waals surface area contributed by atoms with Crippen molar-refractivity contribution in [1.82, 2.24) is 0 Å². The summed E-state index contributed by atoms with van der Waals surface area (Å²) >= 11 is 0. The van der Waals surface area contributed by atoms with Crippen molar-refractivity contribution in [3.05, 3.63) is 0 Å². The fourth-order valence-electron chi connectivity index (χ4n) is 4.10. The molecule has 1 rings (SSSR count). The molecule has 6 heteroatoms. The van der Waals surface area contributed by atoms with E-state index in [9.17, 15) is 9.59 Å². The van der Waals surface area contributed by atoms with E-state index in [1.54, 1.807) is 0 Å². The molecule has 0 spiro atoms. The molecule has 0 amide bonds. The fraction of sp³-hybridized carbons (Fsp3) is 0.920. The lowest BCUT2D eigenvalue weighted by molar-refractivity contribution is -0.0516. The largest absolute Gasteiger partial charge is 0.508 e. The van der Waals surface area contributed by atoms with Crippen LogP contribution in [0.25, 0.3) is 0 Å². The first-order valence-corrected chi connectivity index (χ1v) is 12.6. The molecule has 0 N–H and O–H groups in total. The van der Waals surface area contributed by atoms with Crippen molar-refractivity contribution < 1.29 is 28.5 Å². The maximum absolute atomic E-state index is 12.1. The predicted molar refractivity (Wildman–Crippen MR) is 122 cm³/mol. The zero-order valence-corrected chi connectivity index (χ0v) is 20.5. The molecule has 0 saturated heterocycles. The Morgan fingerprint density at radius 1 is 0.806 bits per heavy atom. The SMILES string of the molecule is CCCCC(CC)COC(=O)OC1CCC(OC(=O)OCC(CC)CCCC)C(C)C1. The van der Waals surface area contributed by atoms with Gasteiger partial charge in [-0.15, -0.1) is 0 Å². The fourth-order valence-corrected chi connectivity index (χ4v) is 4.10. The smallest absolute Gasteiger partial charge is 0.434 e. The molecule has 0 aliphatic heterocycles. The van der Waals surface area contributed by atoms with Gasteiger partial charge in [0.25, 0.3) is 0 Å². The third-order valence-corrected chi connectivity index (χ3v) is 6.51. The van der Waals surface area contributed by atoms with Gasteiger partial charge in [-0.2, -0.15) is 0 Å². The lowest BCUT2D eigenvalue weighted by Gasteiger charge is -2.32. The summed E-state index contributed by atoms with van der Waals surface area (Å²) in [7, 11) is 0. The van der Waals surface area contributed by atoms with Crippen molar-refractivity contribution in [3.63, 3.8) is 0 Å². The zero-order valence-electron chi connectivity index (χ0n) is 20.5. The van der Waals surface area contributed by atoms with E-state index in [1.165, 1.54) is 0 Å². The maximum Gasteiger partial charge on any atom is 0.508 e. The first-order chi connectivity index (χ1) is 14.9. The Morgan fingerprint density at radius 3 is 1.77 bits per heavy atom. The standard InChI is InChI=1S/C25H46O6/c1-6-10-12-20(8-3)17-28-24(26)30-22-14-15-23(19(5)16-22)31-25(27)29-18-21(9-4)13-11-7-2/h19-23H,6-18H2,1-5H3.